The van der Waals surface area contributed by atoms with Gasteiger partial charge in [-0.25, -0.2) is 15.1 Å². The van der Waals surface area contributed by atoms with Crippen molar-refractivity contribution < 1.29 is 49.4 Å². The summed E-state index contributed by atoms with van der Waals surface area (Å²) in [6.07, 6.45) is -14.5. The molecule has 2 heterocycles. The molecule has 2 N–H and O–H groups in total. The number of halogens is 8. The fraction of sp³-hybridized carbons (Fsp3) is 0.258. The predicted octanol–water partition coefficient (Wildman–Crippen LogP) is 7.29. The Bertz CT molecular complexity index is 1920. The molecule has 0 spiro atoms. The zero-order valence-corrected chi connectivity index (χ0v) is 27.9. The third-order valence-corrected chi connectivity index (χ3v) is 8.06. The predicted molar refractivity (Wildman–Crippen MR) is 176 cm³/mol. The van der Waals surface area contributed by atoms with Crippen LogP contribution in [0.3, 0.4) is 0 Å². The number of aliphatic imine (C=N–C) groups is 1. The van der Waals surface area contributed by atoms with Crippen molar-refractivity contribution in [3.63, 3.8) is 0 Å². The second-order valence-electron chi connectivity index (χ2n) is 10.8. The van der Waals surface area contributed by atoms with Crippen LogP contribution in [0.2, 0.25) is 0 Å². The number of hydrogen-bond donors (Lipinski definition) is 2. The number of amidine groups is 1. The van der Waals surface area contributed by atoms with E-state index in [1.807, 2.05) is 6.92 Å². The lowest BCUT2D eigenvalue weighted by molar-refractivity contribution is -0.360. The number of amides is 1. The average molecular weight is 760 g/mol. The van der Waals surface area contributed by atoms with E-state index in [-0.39, 0.29) is 33.5 Å². The third kappa shape index (κ3) is 9.30. The van der Waals surface area contributed by atoms with Crippen molar-refractivity contribution in [3.05, 3.63) is 84.2 Å². The Balaban J connectivity index is 1.20. The minimum Gasteiger partial charge on any atom is -0.482 e. The van der Waals surface area contributed by atoms with Crippen molar-refractivity contribution in [1.29, 1.82) is 0 Å². The molecule has 1 aromatic heterocycles. The van der Waals surface area contributed by atoms with Gasteiger partial charge in [-0.05, 0) is 73.6 Å². The van der Waals surface area contributed by atoms with Gasteiger partial charge in [0.2, 0.25) is 11.0 Å². The first-order valence-electron chi connectivity index (χ1n) is 14.6. The molecule has 3 aromatic carbocycles. The van der Waals surface area contributed by atoms with E-state index in [0.717, 1.165) is 34.4 Å². The molecule has 270 valence electrons. The lowest BCUT2D eigenvalue weighted by Gasteiger charge is -2.21. The number of anilines is 1. The second kappa shape index (κ2) is 14.8. The second-order valence-corrected chi connectivity index (χ2v) is 12.2. The molecular formula is C31H25F8N7O3S2. The number of rotatable bonds is 10. The molecule has 1 aliphatic rings. The Morgan fingerprint density at radius 3 is 2.35 bits per heavy atom. The Morgan fingerprint density at radius 2 is 1.71 bits per heavy atom. The molecule has 1 unspecified atom stereocenters. The van der Waals surface area contributed by atoms with E-state index in [1.165, 1.54) is 35.3 Å². The van der Waals surface area contributed by atoms with Gasteiger partial charge in [0, 0.05) is 11.6 Å². The largest absolute Gasteiger partial charge is 0.499 e. The summed E-state index contributed by atoms with van der Waals surface area (Å²) in [6.45, 7) is 2.00. The maximum atomic E-state index is 13.2. The summed E-state index contributed by atoms with van der Waals surface area (Å²) < 4.78 is 112. The van der Waals surface area contributed by atoms with Crippen LogP contribution in [0.25, 0.3) is 17.1 Å². The van der Waals surface area contributed by atoms with Gasteiger partial charge in [0.25, 0.3) is 0 Å². The Morgan fingerprint density at radius 1 is 1.02 bits per heavy atom. The van der Waals surface area contributed by atoms with Crippen LogP contribution in [0.1, 0.15) is 24.1 Å². The van der Waals surface area contributed by atoms with Crippen LogP contribution in [0.5, 0.6) is 11.5 Å². The van der Waals surface area contributed by atoms with Crippen LogP contribution in [0.15, 0.2) is 78.0 Å². The number of hydrazine groups is 1. The van der Waals surface area contributed by atoms with Crippen molar-refractivity contribution >= 4 is 45.9 Å². The highest BCUT2D eigenvalue weighted by molar-refractivity contribution is 8.15. The van der Waals surface area contributed by atoms with Crippen molar-refractivity contribution in [3.8, 4) is 28.6 Å². The summed E-state index contributed by atoms with van der Waals surface area (Å²) >= 11 is 6.40. The first kappa shape index (κ1) is 37.4. The number of thiocarbonyl (C=S) groups is 1. The van der Waals surface area contributed by atoms with E-state index in [1.54, 1.807) is 37.3 Å². The van der Waals surface area contributed by atoms with E-state index < -0.39 is 36.7 Å². The number of thioether (sulfide) groups is 1. The van der Waals surface area contributed by atoms with Gasteiger partial charge < -0.3 is 9.47 Å². The molecule has 1 fully saturated rings. The molecule has 0 aliphatic carbocycles. The fourth-order valence-corrected chi connectivity index (χ4v) is 5.52. The number of aryl methyl sites for hydroxylation is 1. The minimum atomic E-state index is -5.87. The molecule has 4 aromatic rings. The molecule has 1 atom stereocenters. The topological polar surface area (TPSA) is 106 Å². The quantitative estimate of drug-likeness (QED) is 0.0980. The van der Waals surface area contributed by atoms with Crippen LogP contribution in [-0.2, 0) is 4.79 Å². The molecule has 0 saturated carbocycles. The molecule has 51 heavy (non-hydrogen) atoms. The van der Waals surface area contributed by atoms with Crippen LogP contribution < -0.4 is 25.2 Å². The number of benzene rings is 3. The first-order chi connectivity index (χ1) is 23.9. The number of nitrogens with one attached hydrogen (secondary N) is 2. The molecule has 1 amide bonds. The molecule has 0 bridgehead atoms. The fourth-order valence-electron chi connectivity index (χ4n) is 4.45. The van der Waals surface area contributed by atoms with E-state index in [9.17, 15) is 39.9 Å². The SMILES string of the molecule is Cc1ccc(OCC(F)(F)F)c(N2C(=O)CSC2=NC(=S)NNC(C)c2ccc(-c3ncn(-c4ccc(OC(F)(F)C(F)(F)F)cc4)n3)cc2)c1. The van der Waals surface area contributed by atoms with Gasteiger partial charge in [0.1, 0.15) is 17.8 Å². The maximum absolute atomic E-state index is 13.2. The number of aromatic nitrogens is 3. The van der Waals surface area contributed by atoms with E-state index in [4.69, 9.17) is 17.0 Å². The Labute approximate surface area is 293 Å². The van der Waals surface area contributed by atoms with Gasteiger partial charge in [-0.1, -0.05) is 42.1 Å². The zero-order valence-electron chi connectivity index (χ0n) is 26.2. The highest BCUT2D eigenvalue weighted by Gasteiger charge is 2.61. The monoisotopic (exact) mass is 759 g/mol. The number of carbonyl (C=O) groups excluding carboxylic acids is 1. The zero-order chi connectivity index (χ0) is 37.1. The molecule has 10 nitrogen and oxygen atoms in total. The van der Waals surface area contributed by atoms with Crippen LogP contribution in [0.4, 0.5) is 40.8 Å². The van der Waals surface area contributed by atoms with E-state index >= 15 is 0 Å². The number of carbonyl (C=O) groups is 1. The maximum Gasteiger partial charge on any atom is 0.499 e. The Kier molecular flexibility index (Phi) is 10.9. The molecule has 5 rings (SSSR count). The van der Waals surface area contributed by atoms with Crippen molar-refractivity contribution in [1.82, 2.24) is 25.6 Å². The summed E-state index contributed by atoms with van der Waals surface area (Å²) in [7, 11) is 0. The van der Waals surface area contributed by atoms with E-state index in [0.29, 0.717) is 22.6 Å². The molecular weight excluding hydrogens is 735 g/mol. The van der Waals surface area contributed by atoms with Gasteiger partial charge in [0.05, 0.1) is 17.1 Å². The summed E-state index contributed by atoms with van der Waals surface area (Å²) in [5, 5.41) is 4.43. The summed E-state index contributed by atoms with van der Waals surface area (Å²) in [4.78, 5) is 22.5. The van der Waals surface area contributed by atoms with Crippen molar-refractivity contribution in [2.45, 2.75) is 38.4 Å². The van der Waals surface area contributed by atoms with Gasteiger partial charge in [-0.2, -0.15) is 40.1 Å². The summed E-state index contributed by atoms with van der Waals surface area (Å²) in [6, 6.07) is 15.5. The molecule has 0 radical (unpaired) electrons. The minimum absolute atomic E-state index is 0.00846. The lowest BCUT2D eigenvalue weighted by atomic mass is 10.1. The molecule has 1 saturated heterocycles. The molecule has 20 heteroatoms. The van der Waals surface area contributed by atoms with Crippen LogP contribution in [-0.4, -0.2) is 61.8 Å². The number of alkyl halides is 8. The summed E-state index contributed by atoms with van der Waals surface area (Å²) in [5.41, 5.74) is 8.31. The van der Waals surface area contributed by atoms with Crippen LogP contribution >= 0.6 is 24.0 Å². The smallest absolute Gasteiger partial charge is 0.482 e. The number of hydrogen-bond acceptors (Lipinski definition) is 8. The highest BCUT2D eigenvalue weighted by Crippen LogP contribution is 2.38. The van der Waals surface area contributed by atoms with Gasteiger partial charge in [0.15, 0.2) is 17.6 Å². The standard InChI is InChI=1S/C31H25F8N7O3S2/c1-17-3-12-24(48-15-29(32,33)34)23(13-17)46-25(47)14-51-28(46)41-27(50)43-42-18(2)19-4-6-20(7-5-19)26-40-16-45(44-26)21-8-10-22(11-9-21)49-31(38,39)30(35,36)37/h3-13,16,18,42H,14-15H2,1-2H3,(H,43,50). The normalized spacial score (nSPS) is 15.3. The van der Waals surface area contributed by atoms with Gasteiger partial charge in [-0.15, -0.1) is 5.10 Å². The highest BCUT2D eigenvalue weighted by atomic mass is 32.2. The number of ether oxygens (including phenoxy) is 2. The van der Waals surface area contributed by atoms with Crippen molar-refractivity contribution in [2.75, 3.05) is 17.3 Å². The summed E-state index contributed by atoms with van der Waals surface area (Å²) in [5.74, 6) is -0.948. The van der Waals surface area contributed by atoms with Gasteiger partial charge >= 0.3 is 18.5 Å². The Hall–Kier alpha value is -4.82. The van der Waals surface area contributed by atoms with Crippen molar-refractivity contribution in [2.24, 2.45) is 4.99 Å². The third-order valence-electron chi connectivity index (χ3n) is 6.94. The number of nitrogens with zero attached hydrogens (tertiary/aromatic N) is 5. The van der Waals surface area contributed by atoms with Gasteiger partial charge in [-0.3, -0.25) is 15.1 Å². The molecule has 1 aliphatic heterocycles. The van der Waals surface area contributed by atoms with Crippen LogP contribution in [0, 0.1) is 6.92 Å². The first-order valence-corrected chi connectivity index (χ1v) is 16.0. The van der Waals surface area contributed by atoms with E-state index in [2.05, 4.69) is 30.7 Å². The lowest BCUT2D eigenvalue weighted by Crippen LogP contribution is -2.41. The average Bonchev–Trinajstić information content (AvgIpc) is 3.69.